The van der Waals surface area contributed by atoms with Gasteiger partial charge in [0.25, 0.3) is 11.8 Å². The van der Waals surface area contributed by atoms with Gasteiger partial charge in [0.15, 0.2) is 6.61 Å². The van der Waals surface area contributed by atoms with Crippen molar-refractivity contribution in [3.05, 3.63) is 59.7 Å². The third-order valence-electron chi connectivity index (χ3n) is 5.58. The standard InChI is InChI=1S/C24H30N2O4/c1-4-24(2,3)19-8-10-21(11-9-19)30-17-22(27)25-20-7-5-6-18(16-20)23(28)26-12-14-29-15-13-26/h5-11,16H,4,12-15,17H2,1-3H3,(H,25,27). The van der Waals surface area contributed by atoms with Crippen LogP contribution in [-0.2, 0) is 14.9 Å². The first-order chi connectivity index (χ1) is 14.4. The van der Waals surface area contributed by atoms with Crippen LogP contribution in [0.2, 0.25) is 0 Å². The monoisotopic (exact) mass is 410 g/mol. The van der Waals surface area contributed by atoms with Gasteiger partial charge in [0.2, 0.25) is 0 Å². The van der Waals surface area contributed by atoms with E-state index in [0.717, 1.165) is 6.42 Å². The van der Waals surface area contributed by atoms with Gasteiger partial charge in [-0.15, -0.1) is 0 Å². The minimum absolute atomic E-state index is 0.0549. The molecule has 1 aliphatic rings. The third kappa shape index (κ3) is 5.60. The number of amides is 2. The Balaban J connectivity index is 1.54. The lowest BCUT2D eigenvalue weighted by molar-refractivity contribution is -0.118. The molecule has 0 unspecified atom stereocenters. The summed E-state index contributed by atoms with van der Waals surface area (Å²) in [7, 11) is 0. The molecule has 1 saturated heterocycles. The summed E-state index contributed by atoms with van der Waals surface area (Å²) in [6, 6.07) is 14.8. The minimum atomic E-state index is -0.274. The highest BCUT2D eigenvalue weighted by molar-refractivity contribution is 5.97. The van der Waals surface area contributed by atoms with Gasteiger partial charge in [-0.1, -0.05) is 39.0 Å². The van der Waals surface area contributed by atoms with Crippen LogP contribution >= 0.6 is 0 Å². The van der Waals surface area contributed by atoms with Crippen LogP contribution < -0.4 is 10.1 Å². The van der Waals surface area contributed by atoms with E-state index >= 15 is 0 Å². The molecule has 1 heterocycles. The smallest absolute Gasteiger partial charge is 0.262 e. The van der Waals surface area contributed by atoms with E-state index < -0.39 is 0 Å². The highest BCUT2D eigenvalue weighted by Crippen LogP contribution is 2.28. The molecule has 2 amide bonds. The summed E-state index contributed by atoms with van der Waals surface area (Å²) >= 11 is 0. The molecule has 2 aromatic rings. The molecule has 0 atom stereocenters. The molecule has 0 aliphatic carbocycles. The van der Waals surface area contributed by atoms with E-state index in [2.05, 4.69) is 26.1 Å². The fourth-order valence-corrected chi connectivity index (χ4v) is 3.23. The van der Waals surface area contributed by atoms with Crippen molar-refractivity contribution in [3.8, 4) is 5.75 Å². The molecule has 30 heavy (non-hydrogen) atoms. The molecule has 0 spiro atoms. The number of hydrogen-bond acceptors (Lipinski definition) is 4. The van der Waals surface area contributed by atoms with E-state index in [0.29, 0.717) is 43.3 Å². The summed E-state index contributed by atoms with van der Waals surface area (Å²) in [5.41, 5.74) is 2.47. The van der Waals surface area contributed by atoms with Gasteiger partial charge in [-0.3, -0.25) is 9.59 Å². The zero-order valence-electron chi connectivity index (χ0n) is 17.9. The first-order valence-electron chi connectivity index (χ1n) is 10.4. The Morgan fingerprint density at radius 1 is 1.10 bits per heavy atom. The maximum Gasteiger partial charge on any atom is 0.262 e. The molecular weight excluding hydrogens is 380 g/mol. The molecule has 6 nitrogen and oxygen atoms in total. The zero-order chi connectivity index (χ0) is 21.6. The molecule has 6 heteroatoms. The van der Waals surface area contributed by atoms with Crippen molar-refractivity contribution in [3.63, 3.8) is 0 Å². The number of carbonyl (C=O) groups is 2. The lowest BCUT2D eigenvalue weighted by Gasteiger charge is -2.27. The largest absolute Gasteiger partial charge is 0.484 e. The topological polar surface area (TPSA) is 67.9 Å². The number of morpholine rings is 1. The van der Waals surface area contributed by atoms with Crippen LogP contribution in [-0.4, -0.2) is 49.6 Å². The molecule has 1 fully saturated rings. The Morgan fingerprint density at radius 3 is 2.47 bits per heavy atom. The van der Waals surface area contributed by atoms with E-state index in [1.54, 1.807) is 29.2 Å². The Kier molecular flexibility index (Phi) is 7.11. The summed E-state index contributed by atoms with van der Waals surface area (Å²) in [4.78, 5) is 26.7. The van der Waals surface area contributed by atoms with Gasteiger partial charge < -0.3 is 19.7 Å². The molecular formula is C24H30N2O4. The minimum Gasteiger partial charge on any atom is -0.484 e. The first-order valence-corrected chi connectivity index (χ1v) is 10.4. The number of nitrogens with zero attached hydrogens (tertiary/aromatic N) is 1. The molecule has 0 aromatic heterocycles. The molecule has 2 aromatic carbocycles. The van der Waals surface area contributed by atoms with Crippen LogP contribution in [0.15, 0.2) is 48.5 Å². The summed E-state index contributed by atoms with van der Waals surface area (Å²) in [6.45, 7) is 8.74. The van der Waals surface area contributed by atoms with Crippen molar-refractivity contribution in [1.29, 1.82) is 0 Å². The average molecular weight is 411 g/mol. The number of benzene rings is 2. The highest BCUT2D eigenvalue weighted by atomic mass is 16.5. The quantitative estimate of drug-likeness (QED) is 0.753. The van der Waals surface area contributed by atoms with Gasteiger partial charge in [0.1, 0.15) is 5.75 Å². The van der Waals surface area contributed by atoms with Crippen molar-refractivity contribution in [2.24, 2.45) is 0 Å². The van der Waals surface area contributed by atoms with E-state index in [4.69, 9.17) is 9.47 Å². The van der Waals surface area contributed by atoms with Crippen LogP contribution in [0, 0.1) is 0 Å². The second-order valence-corrected chi connectivity index (χ2v) is 8.08. The van der Waals surface area contributed by atoms with Crippen LogP contribution in [0.4, 0.5) is 5.69 Å². The predicted octanol–water partition coefficient (Wildman–Crippen LogP) is 3.86. The van der Waals surface area contributed by atoms with Gasteiger partial charge in [0, 0.05) is 24.3 Å². The van der Waals surface area contributed by atoms with Gasteiger partial charge in [-0.2, -0.15) is 0 Å². The Labute approximate surface area is 178 Å². The molecule has 3 rings (SSSR count). The van der Waals surface area contributed by atoms with Crippen molar-refractivity contribution >= 4 is 17.5 Å². The van der Waals surface area contributed by atoms with E-state index in [1.807, 2.05) is 24.3 Å². The second kappa shape index (κ2) is 9.76. The summed E-state index contributed by atoms with van der Waals surface area (Å²) in [6.07, 6.45) is 1.04. The fraction of sp³-hybridized carbons (Fsp3) is 0.417. The van der Waals surface area contributed by atoms with Gasteiger partial charge in [0.05, 0.1) is 13.2 Å². The molecule has 0 radical (unpaired) electrons. The van der Waals surface area contributed by atoms with Crippen LogP contribution in [0.5, 0.6) is 5.75 Å². The third-order valence-corrected chi connectivity index (χ3v) is 5.58. The van der Waals surface area contributed by atoms with E-state index in [1.165, 1.54) is 5.56 Å². The Bertz CT molecular complexity index is 871. The van der Waals surface area contributed by atoms with Crippen molar-refractivity contribution in [2.45, 2.75) is 32.6 Å². The van der Waals surface area contributed by atoms with Gasteiger partial charge in [-0.05, 0) is 47.7 Å². The summed E-state index contributed by atoms with van der Waals surface area (Å²) in [5, 5.41) is 2.80. The lowest BCUT2D eigenvalue weighted by Crippen LogP contribution is -2.40. The van der Waals surface area contributed by atoms with Crippen LogP contribution in [0.3, 0.4) is 0 Å². The van der Waals surface area contributed by atoms with E-state index in [9.17, 15) is 9.59 Å². The van der Waals surface area contributed by atoms with Crippen LogP contribution in [0.25, 0.3) is 0 Å². The van der Waals surface area contributed by atoms with Crippen molar-refractivity contribution in [2.75, 3.05) is 38.2 Å². The maximum atomic E-state index is 12.6. The number of rotatable bonds is 7. The highest BCUT2D eigenvalue weighted by Gasteiger charge is 2.19. The Morgan fingerprint density at radius 2 is 1.80 bits per heavy atom. The molecule has 0 bridgehead atoms. The van der Waals surface area contributed by atoms with E-state index in [-0.39, 0.29) is 23.8 Å². The fourth-order valence-electron chi connectivity index (χ4n) is 3.23. The molecule has 160 valence electrons. The number of carbonyl (C=O) groups excluding carboxylic acids is 2. The van der Waals surface area contributed by atoms with Gasteiger partial charge >= 0.3 is 0 Å². The number of ether oxygens (including phenoxy) is 2. The summed E-state index contributed by atoms with van der Waals surface area (Å²) < 4.78 is 10.9. The Hall–Kier alpha value is -2.86. The lowest BCUT2D eigenvalue weighted by atomic mass is 9.82. The number of nitrogens with one attached hydrogen (secondary N) is 1. The van der Waals surface area contributed by atoms with Crippen molar-refractivity contribution in [1.82, 2.24) is 4.90 Å². The van der Waals surface area contributed by atoms with Crippen LogP contribution in [0.1, 0.15) is 43.1 Å². The van der Waals surface area contributed by atoms with Gasteiger partial charge in [-0.25, -0.2) is 0 Å². The average Bonchev–Trinajstić information content (AvgIpc) is 2.78. The predicted molar refractivity (Wildman–Crippen MR) is 117 cm³/mol. The van der Waals surface area contributed by atoms with Crippen molar-refractivity contribution < 1.29 is 19.1 Å². The first kappa shape index (κ1) is 21.8. The normalized spacial score (nSPS) is 14.3. The SMILES string of the molecule is CCC(C)(C)c1ccc(OCC(=O)Nc2cccc(C(=O)N3CCOCC3)c2)cc1. The molecule has 1 aliphatic heterocycles. The maximum absolute atomic E-state index is 12.6. The molecule has 0 saturated carbocycles. The second-order valence-electron chi connectivity index (χ2n) is 8.08. The number of anilines is 1. The summed E-state index contributed by atoms with van der Waals surface area (Å²) in [5.74, 6) is 0.321. The number of hydrogen-bond donors (Lipinski definition) is 1. The molecule has 1 N–H and O–H groups in total. The zero-order valence-corrected chi connectivity index (χ0v) is 17.9.